The summed E-state index contributed by atoms with van der Waals surface area (Å²) >= 11 is 0. The van der Waals surface area contributed by atoms with Gasteiger partial charge in [-0.05, 0) is 71.8 Å². The zero-order valence-corrected chi connectivity index (χ0v) is 44.7. The van der Waals surface area contributed by atoms with E-state index in [4.69, 9.17) is 33.9 Å². The maximum atomic E-state index is 11.5. The van der Waals surface area contributed by atoms with Crippen LogP contribution in [0.3, 0.4) is 0 Å². The lowest BCUT2D eigenvalue weighted by Gasteiger charge is -2.10. The van der Waals surface area contributed by atoms with Gasteiger partial charge in [-0.2, -0.15) is 0 Å². The van der Waals surface area contributed by atoms with Gasteiger partial charge in [0.25, 0.3) is 11.8 Å². The normalized spacial score (nSPS) is 12.3. The minimum atomic E-state index is -1.32. The number of carbonyl (C=O) groups excluding carboxylic acids is 6. The zero-order valence-electron chi connectivity index (χ0n) is 43.0. The number of carboxylic acids is 2. The number of carboxylic acid groups (broad SMARTS) is 2. The fraction of sp³-hybridized carbons (Fsp3) is 0.200. The average molecular weight is 1140 g/mol. The molecule has 6 aromatic carbocycles. The van der Waals surface area contributed by atoms with Crippen molar-refractivity contribution in [2.45, 2.75) is 26.2 Å². The van der Waals surface area contributed by atoms with Gasteiger partial charge in [-0.25, -0.2) is 28.8 Å². The number of fused-ring (bicyclic) bond motifs is 4. The van der Waals surface area contributed by atoms with E-state index >= 15 is 0 Å². The van der Waals surface area contributed by atoms with Crippen molar-refractivity contribution in [3.05, 3.63) is 176 Å². The van der Waals surface area contributed by atoms with Gasteiger partial charge in [0.05, 0.1) is 77.6 Å². The van der Waals surface area contributed by atoms with Crippen LogP contribution in [0, 0.1) is 0 Å². The number of imide groups is 1. The van der Waals surface area contributed by atoms with Crippen molar-refractivity contribution in [3.8, 4) is 34.5 Å². The first-order valence-corrected chi connectivity index (χ1v) is 22.8. The number of hydrogen-bond acceptors (Lipinski definition) is 19. The number of nitrogens with one attached hydrogen (secondary N) is 3. The molecule has 4 heterocycles. The molecule has 78 heavy (non-hydrogen) atoms. The zero-order chi connectivity index (χ0) is 56.3. The topological polar surface area (TPSA) is 307 Å². The summed E-state index contributed by atoms with van der Waals surface area (Å²) in [7, 11) is 9.78. The number of aromatic hydroxyl groups is 1. The lowest BCUT2D eigenvalue weighted by Crippen LogP contribution is -2.20. The maximum Gasteiger partial charge on any atom is 0.350 e. The summed E-state index contributed by atoms with van der Waals surface area (Å²) in [5.41, 5.74) is 5.73. The number of carbonyl (C=O) groups is 8. The van der Waals surface area contributed by atoms with Gasteiger partial charge in [0, 0.05) is 37.3 Å². The number of rotatable bonds is 9. The molecule has 6 N–H and O–H groups in total. The standard InChI is InChI=1S/C11H12O5.C9H7NO3.C9H11NO.C9H8O5.C9H6O4.C8H9NO.BrH/c1-14-8-6-4-5-7(10(12)15-2)9(8)11(13)16-3;1-13-6-4-2-3-5-7(6)9(12)10-8(5)11;1-11-9-4-2-3-7-5-10-6-8(7)9;1-14-6-4-2-3-5(8(10)11)7(6)9(12)13;1-12-6-4-2-3-5-7(6)9(11)13-8(5)10;10-8-3-1-2-6-4-9-5-7(6)8;/h4-6H,1-3H3;2-4H,1H3,(H,10,11,12);2-4,10H,5-6H2,1H3;2-4H,1H3,(H,10,11)(H,12,13);2-4H,1H3;1-3,9-10H,4-5H2;1H. The number of aromatic carboxylic acids is 2. The van der Waals surface area contributed by atoms with E-state index in [9.17, 15) is 43.5 Å². The van der Waals surface area contributed by atoms with Crippen molar-refractivity contribution in [2.24, 2.45) is 0 Å². The van der Waals surface area contributed by atoms with Crippen molar-refractivity contribution < 1.29 is 91.6 Å². The average Bonchev–Trinajstić information content (AvgIpc) is 4.29. The fourth-order valence-corrected chi connectivity index (χ4v) is 7.83. The van der Waals surface area contributed by atoms with Crippen molar-refractivity contribution in [3.63, 3.8) is 0 Å². The van der Waals surface area contributed by atoms with Crippen LogP contribution >= 0.6 is 17.0 Å². The number of amides is 2. The molecule has 23 heteroatoms. The van der Waals surface area contributed by atoms with Crippen LogP contribution in [0.4, 0.5) is 0 Å². The summed E-state index contributed by atoms with van der Waals surface area (Å²) in [6, 6.07) is 30.2. The molecule has 0 aromatic heterocycles. The Morgan fingerprint density at radius 3 is 1.46 bits per heavy atom. The number of ether oxygens (including phenoxy) is 8. The van der Waals surface area contributed by atoms with Crippen LogP contribution in [-0.4, -0.2) is 113 Å². The van der Waals surface area contributed by atoms with Gasteiger partial charge in [-0.15, -0.1) is 17.0 Å². The molecule has 4 aliphatic heterocycles. The molecule has 0 atom stereocenters. The Bertz CT molecular complexity index is 3140. The number of esters is 4. The lowest BCUT2D eigenvalue weighted by atomic mass is 10.1. The van der Waals surface area contributed by atoms with Gasteiger partial charge >= 0.3 is 35.8 Å². The summed E-state index contributed by atoms with van der Waals surface area (Å²) in [6.07, 6.45) is 0. The summed E-state index contributed by atoms with van der Waals surface area (Å²) in [6.45, 7) is 3.62. The molecule has 0 fully saturated rings. The molecule has 0 saturated heterocycles. The number of phenols is 1. The molecule has 4 aliphatic rings. The van der Waals surface area contributed by atoms with E-state index in [1.165, 1.54) is 89.7 Å². The summed E-state index contributed by atoms with van der Waals surface area (Å²) in [5.74, 6) is -3.33. The van der Waals surface area contributed by atoms with Crippen LogP contribution in [0.2, 0.25) is 0 Å². The van der Waals surface area contributed by atoms with Crippen LogP contribution in [0.25, 0.3) is 0 Å². The monoisotopic (exact) mass is 1140 g/mol. The Morgan fingerprint density at radius 1 is 0.462 bits per heavy atom. The summed E-state index contributed by atoms with van der Waals surface area (Å²) in [4.78, 5) is 89.0. The van der Waals surface area contributed by atoms with Crippen LogP contribution in [0.15, 0.2) is 109 Å². The quantitative estimate of drug-likeness (QED) is 0.0374. The van der Waals surface area contributed by atoms with Crippen LogP contribution in [0.1, 0.15) is 105 Å². The van der Waals surface area contributed by atoms with Crippen molar-refractivity contribution in [1.82, 2.24) is 16.0 Å². The predicted octanol–water partition coefficient (Wildman–Crippen LogP) is 6.82. The summed E-state index contributed by atoms with van der Waals surface area (Å²) in [5, 5.41) is 35.4. The molecule has 0 saturated carbocycles. The maximum absolute atomic E-state index is 11.5. The molecule has 10 rings (SSSR count). The fourth-order valence-electron chi connectivity index (χ4n) is 7.83. The highest BCUT2D eigenvalue weighted by Gasteiger charge is 2.33. The molecule has 6 aromatic rings. The van der Waals surface area contributed by atoms with Crippen molar-refractivity contribution in [1.29, 1.82) is 0 Å². The predicted molar refractivity (Wildman–Crippen MR) is 283 cm³/mol. The van der Waals surface area contributed by atoms with Crippen molar-refractivity contribution in [2.75, 3.05) is 49.8 Å². The van der Waals surface area contributed by atoms with Gasteiger partial charge in [-0.3, -0.25) is 14.9 Å². The largest absolute Gasteiger partial charge is 0.508 e. The van der Waals surface area contributed by atoms with Crippen LogP contribution in [0.5, 0.6) is 34.5 Å². The molecule has 0 radical (unpaired) electrons. The number of halogens is 1. The SMILES string of the molecule is Br.COC(=O)c1cccc(OC)c1C(=O)OC.COc1cccc(C(=O)O)c1C(=O)O.COc1cccc2c1C(=O)NC2=O.COc1cccc2c1C(=O)OC2=O.COc1cccc2c1CNC2.Oc1cccc2c1CNC2. The first-order valence-electron chi connectivity index (χ1n) is 22.8. The van der Waals surface area contributed by atoms with Crippen LogP contribution < -0.4 is 39.6 Å². The van der Waals surface area contributed by atoms with Gasteiger partial charge in [0.15, 0.2) is 0 Å². The van der Waals surface area contributed by atoms with E-state index in [0.717, 1.165) is 37.5 Å². The number of benzene rings is 6. The Morgan fingerprint density at radius 2 is 0.923 bits per heavy atom. The highest BCUT2D eigenvalue weighted by atomic mass is 79.9. The van der Waals surface area contributed by atoms with Gasteiger partial charge in [-0.1, -0.05) is 48.5 Å². The molecule has 0 bridgehead atoms. The number of phenolic OH excluding ortho intramolecular Hbond substituents is 1. The highest BCUT2D eigenvalue weighted by molar-refractivity contribution is 8.93. The van der Waals surface area contributed by atoms with Gasteiger partial charge < -0.3 is 63.8 Å². The first kappa shape index (κ1) is 61.2. The van der Waals surface area contributed by atoms with Gasteiger partial charge in [0.2, 0.25) is 0 Å². The van der Waals surface area contributed by atoms with Crippen molar-refractivity contribution >= 4 is 64.6 Å². The highest BCUT2D eigenvalue weighted by Crippen LogP contribution is 2.30. The summed E-state index contributed by atoms with van der Waals surface area (Å²) < 4.78 is 38.4. The number of hydrogen-bond donors (Lipinski definition) is 6. The smallest absolute Gasteiger partial charge is 0.350 e. The molecule has 410 valence electrons. The Balaban J connectivity index is 0.000000202. The Hall–Kier alpha value is -9.32. The second-order valence-electron chi connectivity index (χ2n) is 15.8. The number of cyclic esters (lactones) is 2. The third-order valence-corrected chi connectivity index (χ3v) is 11.5. The third-order valence-electron chi connectivity index (χ3n) is 11.5. The molecular formula is C55H54BrN3O19. The van der Waals surface area contributed by atoms with Gasteiger partial charge in [0.1, 0.15) is 51.2 Å². The van der Waals surface area contributed by atoms with E-state index < -0.39 is 41.7 Å². The minimum Gasteiger partial charge on any atom is -0.508 e. The third kappa shape index (κ3) is 14.5. The molecule has 2 amide bonds. The molecule has 0 unspecified atom stereocenters. The first-order chi connectivity index (χ1) is 37.0. The minimum absolute atomic E-state index is 0. The van der Waals surface area contributed by atoms with Crippen LogP contribution in [-0.2, 0) is 40.4 Å². The van der Waals surface area contributed by atoms with E-state index in [1.54, 1.807) is 55.6 Å². The number of methoxy groups -OCH3 is 7. The molecule has 0 spiro atoms. The Kier molecular flexibility index (Phi) is 22.8. The van der Waals surface area contributed by atoms with E-state index in [1.807, 2.05) is 24.3 Å². The molecule has 0 aliphatic carbocycles. The van der Waals surface area contributed by atoms with E-state index in [0.29, 0.717) is 28.4 Å². The molecular weight excluding hydrogens is 1090 g/mol. The molecule has 22 nitrogen and oxygen atoms in total. The second-order valence-corrected chi connectivity index (χ2v) is 15.8. The lowest BCUT2D eigenvalue weighted by molar-refractivity contribution is 0.0439. The Labute approximate surface area is 456 Å². The van der Waals surface area contributed by atoms with E-state index in [2.05, 4.69) is 36.2 Å². The van der Waals surface area contributed by atoms with E-state index in [-0.39, 0.29) is 67.8 Å². The second kappa shape index (κ2) is 29.1.